The van der Waals surface area contributed by atoms with E-state index in [0.29, 0.717) is 11.1 Å². The van der Waals surface area contributed by atoms with Crippen LogP contribution >= 0.6 is 7.92 Å². The van der Waals surface area contributed by atoms with Gasteiger partial charge in [0, 0.05) is 11.1 Å². The van der Waals surface area contributed by atoms with Crippen LogP contribution in [0, 0.1) is 0 Å². The minimum absolute atomic E-state index is 0.427. The Morgan fingerprint density at radius 2 is 0.571 bits per heavy atom. The molecule has 0 unspecified atom stereocenters. The van der Waals surface area contributed by atoms with Crippen molar-refractivity contribution in [1.82, 2.24) is 0 Å². The second-order valence-corrected chi connectivity index (χ2v) is 9.95. The van der Waals surface area contributed by atoms with Gasteiger partial charge >= 0.3 is 0 Å². The predicted octanol–water partition coefficient (Wildman–Crippen LogP) is 6.20. The van der Waals surface area contributed by atoms with E-state index in [9.17, 15) is 9.59 Å². The SMILES string of the molecule is O=C(C(=O)c1ccccc1)c1ccccc1.c1ccc(P(c2ccccc2)c2ccccc2)cc1. The van der Waals surface area contributed by atoms with Crippen LogP contribution in [0.3, 0.4) is 0 Å². The Morgan fingerprint density at radius 3 is 0.829 bits per heavy atom. The van der Waals surface area contributed by atoms with Gasteiger partial charge in [-0.3, -0.25) is 9.59 Å². The van der Waals surface area contributed by atoms with E-state index in [1.807, 2.05) is 12.1 Å². The highest BCUT2D eigenvalue weighted by atomic mass is 31.1. The zero-order valence-corrected chi connectivity index (χ0v) is 20.1. The predicted molar refractivity (Wildman–Crippen MR) is 147 cm³/mol. The topological polar surface area (TPSA) is 34.1 Å². The maximum absolute atomic E-state index is 11.8. The Morgan fingerprint density at radius 1 is 0.343 bits per heavy atom. The van der Waals surface area contributed by atoms with E-state index in [1.54, 1.807) is 48.5 Å². The molecule has 0 amide bonds. The number of ketones is 2. The van der Waals surface area contributed by atoms with Crippen molar-refractivity contribution in [2.75, 3.05) is 0 Å². The molecule has 5 rings (SSSR count). The molecule has 0 aliphatic carbocycles. The average molecular weight is 473 g/mol. The first-order valence-electron chi connectivity index (χ1n) is 11.4. The van der Waals surface area contributed by atoms with Crippen molar-refractivity contribution in [3.05, 3.63) is 163 Å². The standard InChI is InChI=1S/C18H15P.C14H10O2/c1-4-10-16(11-5-1)19(17-12-6-2-7-13-17)18-14-8-3-9-15-18;15-13(11-7-3-1-4-8-11)14(16)12-9-5-2-6-10-12/h1-15H;1-10H. The quantitative estimate of drug-likeness (QED) is 0.168. The lowest BCUT2D eigenvalue weighted by Crippen LogP contribution is -2.20. The third-order valence-electron chi connectivity index (χ3n) is 5.32. The largest absolute Gasteiger partial charge is 0.285 e. The van der Waals surface area contributed by atoms with Crippen molar-refractivity contribution < 1.29 is 9.59 Å². The maximum atomic E-state index is 11.8. The van der Waals surface area contributed by atoms with Crippen LogP contribution in [0.1, 0.15) is 20.7 Å². The molecular weight excluding hydrogens is 447 g/mol. The minimum atomic E-state index is -0.466. The third kappa shape index (κ3) is 6.47. The molecule has 0 saturated heterocycles. The van der Waals surface area contributed by atoms with Crippen LogP contribution in [-0.4, -0.2) is 11.6 Å². The summed E-state index contributed by atoms with van der Waals surface area (Å²) in [4.78, 5) is 23.6. The molecule has 0 radical (unpaired) electrons. The fraction of sp³-hybridized carbons (Fsp3) is 0. The average Bonchev–Trinajstić information content (AvgIpc) is 2.95. The van der Waals surface area contributed by atoms with Gasteiger partial charge in [-0.1, -0.05) is 152 Å². The number of hydrogen-bond acceptors (Lipinski definition) is 2. The Hall–Kier alpha value is -4.13. The van der Waals surface area contributed by atoms with Gasteiger partial charge in [0.15, 0.2) is 0 Å². The van der Waals surface area contributed by atoms with Gasteiger partial charge in [-0.2, -0.15) is 0 Å². The number of benzene rings is 5. The van der Waals surface area contributed by atoms with Crippen molar-refractivity contribution in [2.45, 2.75) is 0 Å². The fourth-order valence-corrected chi connectivity index (χ4v) is 5.92. The maximum Gasteiger partial charge on any atom is 0.233 e. The number of Topliss-reactive ketones (excluding diaryl/α,β-unsaturated/α-hetero) is 2. The van der Waals surface area contributed by atoms with Crippen molar-refractivity contribution in [2.24, 2.45) is 0 Å². The van der Waals surface area contributed by atoms with Gasteiger partial charge in [-0.15, -0.1) is 0 Å². The summed E-state index contributed by atoms with van der Waals surface area (Å²) in [6.07, 6.45) is 0. The number of rotatable bonds is 6. The lowest BCUT2D eigenvalue weighted by Gasteiger charge is -2.18. The second kappa shape index (κ2) is 12.4. The molecule has 0 aliphatic heterocycles. The normalized spacial score (nSPS) is 10.2. The first-order chi connectivity index (χ1) is 17.2. The highest BCUT2D eigenvalue weighted by Gasteiger charge is 2.17. The van der Waals surface area contributed by atoms with Gasteiger partial charge in [0.1, 0.15) is 0 Å². The number of hydrogen-bond donors (Lipinski definition) is 0. The summed E-state index contributed by atoms with van der Waals surface area (Å²) < 4.78 is 0. The van der Waals surface area contributed by atoms with Crippen molar-refractivity contribution in [3.8, 4) is 0 Å². The fourth-order valence-electron chi connectivity index (χ4n) is 3.62. The molecule has 0 N–H and O–H groups in total. The van der Waals surface area contributed by atoms with E-state index in [4.69, 9.17) is 0 Å². The van der Waals surface area contributed by atoms with Crippen molar-refractivity contribution in [3.63, 3.8) is 0 Å². The van der Waals surface area contributed by atoms with Gasteiger partial charge in [0.25, 0.3) is 0 Å². The lowest BCUT2D eigenvalue weighted by atomic mass is 10.0. The van der Waals surface area contributed by atoms with Gasteiger partial charge in [0.2, 0.25) is 11.6 Å². The molecule has 0 aromatic heterocycles. The summed E-state index contributed by atoms with van der Waals surface area (Å²) in [6, 6.07) is 49.5. The Labute approximate surface area is 207 Å². The Bertz CT molecular complexity index is 1190. The monoisotopic (exact) mass is 472 g/mol. The van der Waals surface area contributed by atoms with E-state index < -0.39 is 19.5 Å². The highest BCUT2D eigenvalue weighted by Crippen LogP contribution is 2.32. The summed E-state index contributed by atoms with van der Waals surface area (Å²) >= 11 is 0. The van der Waals surface area contributed by atoms with Crippen LogP contribution in [-0.2, 0) is 0 Å². The zero-order chi connectivity index (χ0) is 24.3. The molecule has 5 aromatic rings. The summed E-state index contributed by atoms with van der Waals surface area (Å²) in [5, 5.41) is 4.19. The third-order valence-corrected chi connectivity index (χ3v) is 7.76. The molecule has 35 heavy (non-hydrogen) atoms. The molecule has 0 aliphatic rings. The van der Waals surface area contributed by atoms with Crippen LogP contribution in [0.5, 0.6) is 0 Å². The molecule has 0 saturated carbocycles. The van der Waals surface area contributed by atoms with E-state index in [-0.39, 0.29) is 0 Å². The molecule has 0 fully saturated rings. The van der Waals surface area contributed by atoms with Crippen LogP contribution < -0.4 is 15.9 Å². The summed E-state index contributed by atoms with van der Waals surface area (Å²) in [5.74, 6) is -0.932. The lowest BCUT2D eigenvalue weighted by molar-refractivity contribution is 0.0817. The highest BCUT2D eigenvalue weighted by molar-refractivity contribution is 7.79. The molecule has 0 bridgehead atoms. The summed E-state index contributed by atoms with van der Waals surface area (Å²) in [6.45, 7) is 0. The molecule has 170 valence electrons. The van der Waals surface area contributed by atoms with Crippen LogP contribution in [0.25, 0.3) is 0 Å². The van der Waals surface area contributed by atoms with Crippen LogP contribution in [0.2, 0.25) is 0 Å². The van der Waals surface area contributed by atoms with Crippen molar-refractivity contribution >= 4 is 35.4 Å². The molecule has 0 atom stereocenters. The first kappa shape index (κ1) is 24.0. The van der Waals surface area contributed by atoms with Crippen LogP contribution in [0.15, 0.2) is 152 Å². The van der Waals surface area contributed by atoms with Gasteiger partial charge in [-0.05, 0) is 23.8 Å². The number of carbonyl (C=O) groups is 2. The molecule has 2 nitrogen and oxygen atoms in total. The molecule has 3 heteroatoms. The van der Waals surface area contributed by atoms with Crippen LogP contribution in [0.4, 0.5) is 0 Å². The van der Waals surface area contributed by atoms with E-state index in [2.05, 4.69) is 91.0 Å². The van der Waals surface area contributed by atoms with Gasteiger partial charge in [0.05, 0.1) is 0 Å². The smallest absolute Gasteiger partial charge is 0.233 e. The Balaban J connectivity index is 0.000000168. The number of carbonyl (C=O) groups excluding carboxylic acids is 2. The molecule has 0 heterocycles. The van der Waals surface area contributed by atoms with E-state index >= 15 is 0 Å². The molecule has 5 aromatic carbocycles. The second-order valence-electron chi connectivity index (χ2n) is 7.73. The molecular formula is C32H25O2P. The Kier molecular flexibility index (Phi) is 8.48. The summed E-state index contributed by atoms with van der Waals surface area (Å²) in [7, 11) is -0.446. The minimum Gasteiger partial charge on any atom is -0.285 e. The zero-order valence-electron chi connectivity index (χ0n) is 19.2. The van der Waals surface area contributed by atoms with E-state index in [0.717, 1.165) is 0 Å². The van der Waals surface area contributed by atoms with Gasteiger partial charge < -0.3 is 0 Å². The first-order valence-corrected chi connectivity index (χ1v) is 12.7. The van der Waals surface area contributed by atoms with Gasteiger partial charge in [-0.25, -0.2) is 0 Å². The van der Waals surface area contributed by atoms with E-state index in [1.165, 1.54) is 15.9 Å². The van der Waals surface area contributed by atoms with Crippen molar-refractivity contribution in [1.29, 1.82) is 0 Å². The molecule has 0 spiro atoms. The summed E-state index contributed by atoms with van der Waals surface area (Å²) in [5.41, 5.74) is 0.854.